The first-order chi connectivity index (χ1) is 19.1. The Kier molecular flexibility index (Phi) is 9.86. The molecule has 2 aromatic rings. The number of carbonyl (C=O) groups excluding carboxylic acids is 3. The molecule has 0 saturated heterocycles. The highest BCUT2D eigenvalue weighted by Crippen LogP contribution is 2.46. The molecular weight excluding hydrogens is 552 g/mol. The van der Waals surface area contributed by atoms with Crippen LogP contribution in [0.2, 0.25) is 5.02 Å². The average molecular weight is 589 g/mol. The van der Waals surface area contributed by atoms with Gasteiger partial charge in [0.05, 0.1) is 18.2 Å². The zero-order valence-corrected chi connectivity index (χ0v) is 24.4. The molecule has 1 heterocycles. The van der Waals surface area contributed by atoms with Crippen molar-refractivity contribution in [2.45, 2.75) is 69.5 Å². The van der Waals surface area contributed by atoms with Crippen LogP contribution in [-0.4, -0.2) is 62.5 Å². The second-order valence-electron chi connectivity index (χ2n) is 10.5. The van der Waals surface area contributed by atoms with Crippen molar-refractivity contribution >= 4 is 39.3 Å². The van der Waals surface area contributed by atoms with Crippen LogP contribution < -0.4 is 15.4 Å². The first-order valence-corrected chi connectivity index (χ1v) is 16.1. The summed E-state index contributed by atoms with van der Waals surface area (Å²) in [6.45, 7) is 2.71. The zero-order valence-electron chi connectivity index (χ0n) is 22.9. The number of sulfonamides is 1. The molecule has 3 N–H and O–H groups in total. The number of halogens is 1. The van der Waals surface area contributed by atoms with E-state index >= 15 is 0 Å². The Morgan fingerprint density at radius 1 is 1.02 bits per heavy atom. The van der Waals surface area contributed by atoms with Crippen LogP contribution in [0.5, 0.6) is 0 Å². The van der Waals surface area contributed by atoms with Crippen molar-refractivity contribution in [3.63, 3.8) is 0 Å². The molecular formula is C29H37ClN4O5S. The molecule has 11 heteroatoms. The lowest BCUT2D eigenvalue weighted by atomic mass is 9.76. The zero-order chi connectivity index (χ0) is 28.9. The highest BCUT2D eigenvalue weighted by Gasteiger charge is 2.48. The molecule has 0 aromatic heterocycles. The molecule has 1 fully saturated rings. The fourth-order valence-electron chi connectivity index (χ4n) is 5.93. The van der Waals surface area contributed by atoms with E-state index < -0.39 is 34.1 Å². The third-order valence-electron chi connectivity index (χ3n) is 7.58. The minimum atomic E-state index is -3.53. The second-order valence-corrected chi connectivity index (χ2v) is 12.7. The summed E-state index contributed by atoms with van der Waals surface area (Å²) in [5.74, 6) is -1.31. The molecule has 1 aliphatic heterocycles. The number of rotatable bonds is 10. The van der Waals surface area contributed by atoms with Crippen molar-refractivity contribution in [1.82, 2.24) is 20.3 Å². The number of amides is 3. The van der Waals surface area contributed by atoms with E-state index in [1.54, 1.807) is 35.2 Å². The van der Waals surface area contributed by atoms with Gasteiger partial charge in [-0.25, -0.2) is 13.1 Å². The van der Waals surface area contributed by atoms with E-state index in [4.69, 9.17) is 11.6 Å². The van der Waals surface area contributed by atoms with Gasteiger partial charge in [0.2, 0.25) is 21.8 Å². The van der Waals surface area contributed by atoms with E-state index in [0.717, 1.165) is 24.7 Å². The van der Waals surface area contributed by atoms with E-state index in [-0.39, 0.29) is 17.7 Å². The summed E-state index contributed by atoms with van der Waals surface area (Å²) in [7, 11) is -3.53. The minimum Gasteiger partial charge on any atom is -0.356 e. The monoisotopic (exact) mass is 588 g/mol. The molecule has 0 radical (unpaired) electrons. The van der Waals surface area contributed by atoms with Crippen molar-refractivity contribution in [3.8, 4) is 0 Å². The lowest BCUT2D eigenvalue weighted by Gasteiger charge is -2.49. The summed E-state index contributed by atoms with van der Waals surface area (Å²) in [5.41, 5.74) is 1.78. The summed E-state index contributed by atoms with van der Waals surface area (Å²) in [6, 6.07) is 12.6. The van der Waals surface area contributed by atoms with Crippen LogP contribution in [0.3, 0.4) is 0 Å². The Balaban J connectivity index is 1.75. The summed E-state index contributed by atoms with van der Waals surface area (Å²) in [6.07, 6.45) is 4.76. The fraction of sp³-hybridized carbons (Fsp3) is 0.483. The van der Waals surface area contributed by atoms with Gasteiger partial charge in [0.1, 0.15) is 0 Å². The molecule has 1 saturated carbocycles. The molecule has 0 unspecified atom stereocenters. The molecule has 9 nitrogen and oxygen atoms in total. The topological polar surface area (TPSA) is 125 Å². The predicted octanol–water partition coefficient (Wildman–Crippen LogP) is 3.51. The number of carbonyl (C=O) groups is 3. The molecule has 2 aliphatic rings. The quantitative estimate of drug-likeness (QED) is 0.366. The van der Waals surface area contributed by atoms with E-state index in [1.165, 1.54) is 0 Å². The van der Waals surface area contributed by atoms with Crippen LogP contribution in [0.15, 0.2) is 48.5 Å². The Hall–Kier alpha value is -2.95. The van der Waals surface area contributed by atoms with Crippen LogP contribution in [0.1, 0.15) is 78.9 Å². The van der Waals surface area contributed by atoms with E-state index in [1.807, 2.05) is 25.1 Å². The van der Waals surface area contributed by atoms with E-state index in [9.17, 15) is 22.8 Å². The fourth-order valence-corrected chi connectivity index (χ4v) is 6.88. The largest absolute Gasteiger partial charge is 0.356 e. The SMILES string of the molecule is CCNC(=O)CCCNC(=O)[C@@H]1c2ccccc2C(=O)N([C@H]2CCCC[C@@H]2NS(C)(=O)=O)[C@H]1c1ccc(Cl)cc1. The molecule has 3 amide bonds. The van der Waals surface area contributed by atoms with Crippen molar-refractivity contribution in [2.24, 2.45) is 0 Å². The lowest BCUT2D eigenvalue weighted by molar-refractivity contribution is -0.125. The minimum absolute atomic E-state index is 0.0720. The Morgan fingerprint density at radius 3 is 2.42 bits per heavy atom. The normalized spacial score (nSPS) is 22.9. The van der Waals surface area contributed by atoms with Gasteiger partial charge in [-0.1, -0.05) is 54.8 Å². The van der Waals surface area contributed by atoms with Crippen LogP contribution in [0, 0.1) is 0 Å². The molecule has 4 atom stereocenters. The average Bonchev–Trinajstić information content (AvgIpc) is 2.91. The molecule has 2 aromatic carbocycles. The standard InChI is InChI=1S/C29H37ClN4O5S/c1-3-31-25(35)13-8-18-32-28(36)26-21-9-4-5-10-22(21)29(37)34(27(26)19-14-16-20(30)17-15-19)24-12-7-6-11-23(24)33-40(2,38)39/h4-5,9-10,14-17,23-24,26-27,33H,3,6-8,11-13,18H2,1-2H3,(H,31,35)(H,32,36)/t23-,24-,26+,27-/m0/s1. The number of nitrogens with one attached hydrogen (secondary N) is 3. The maximum atomic E-state index is 14.2. The number of fused-ring (bicyclic) bond motifs is 1. The molecule has 216 valence electrons. The number of benzene rings is 2. The van der Waals surface area contributed by atoms with Gasteiger partial charge in [0.15, 0.2) is 0 Å². The van der Waals surface area contributed by atoms with Crippen LogP contribution in [0.25, 0.3) is 0 Å². The summed E-state index contributed by atoms with van der Waals surface area (Å²) in [5, 5.41) is 6.28. The maximum Gasteiger partial charge on any atom is 0.255 e. The van der Waals surface area contributed by atoms with Crippen LogP contribution in [0.4, 0.5) is 0 Å². The summed E-state index contributed by atoms with van der Waals surface area (Å²) >= 11 is 6.20. The third kappa shape index (κ3) is 7.03. The third-order valence-corrected chi connectivity index (χ3v) is 8.56. The first-order valence-electron chi connectivity index (χ1n) is 13.8. The lowest BCUT2D eigenvalue weighted by Crippen LogP contribution is -2.59. The van der Waals surface area contributed by atoms with Crippen molar-refractivity contribution in [1.29, 1.82) is 0 Å². The Morgan fingerprint density at radius 2 is 1.73 bits per heavy atom. The number of hydrogen-bond donors (Lipinski definition) is 3. The van der Waals surface area contributed by atoms with Gasteiger partial charge in [-0.3, -0.25) is 14.4 Å². The molecule has 1 aliphatic carbocycles. The highest BCUT2D eigenvalue weighted by molar-refractivity contribution is 7.88. The van der Waals surface area contributed by atoms with Gasteiger partial charge < -0.3 is 15.5 Å². The molecule has 4 rings (SSSR count). The summed E-state index contributed by atoms with van der Waals surface area (Å²) < 4.78 is 27.3. The molecule has 40 heavy (non-hydrogen) atoms. The van der Waals surface area contributed by atoms with Crippen LogP contribution >= 0.6 is 11.6 Å². The van der Waals surface area contributed by atoms with E-state index in [0.29, 0.717) is 54.9 Å². The Bertz CT molecular complexity index is 1330. The van der Waals surface area contributed by atoms with Crippen molar-refractivity contribution in [3.05, 3.63) is 70.2 Å². The van der Waals surface area contributed by atoms with Gasteiger partial charge in [-0.2, -0.15) is 0 Å². The number of hydrogen-bond acceptors (Lipinski definition) is 5. The maximum absolute atomic E-state index is 14.2. The second kappa shape index (κ2) is 13.1. The van der Waals surface area contributed by atoms with Gasteiger partial charge in [-0.15, -0.1) is 0 Å². The van der Waals surface area contributed by atoms with Gasteiger partial charge in [-0.05, 0) is 55.5 Å². The predicted molar refractivity (Wildman–Crippen MR) is 154 cm³/mol. The van der Waals surface area contributed by atoms with Gasteiger partial charge in [0, 0.05) is 42.2 Å². The Labute approximate surface area is 241 Å². The first kappa shape index (κ1) is 30.0. The summed E-state index contributed by atoms with van der Waals surface area (Å²) in [4.78, 5) is 41.7. The van der Waals surface area contributed by atoms with Gasteiger partial charge in [0.25, 0.3) is 5.91 Å². The van der Waals surface area contributed by atoms with Crippen molar-refractivity contribution in [2.75, 3.05) is 19.3 Å². The highest BCUT2D eigenvalue weighted by atomic mass is 35.5. The molecule has 0 bridgehead atoms. The number of nitrogens with zero attached hydrogens (tertiary/aromatic N) is 1. The van der Waals surface area contributed by atoms with Gasteiger partial charge >= 0.3 is 0 Å². The van der Waals surface area contributed by atoms with E-state index in [2.05, 4.69) is 15.4 Å². The van der Waals surface area contributed by atoms with Crippen LogP contribution in [-0.2, 0) is 19.6 Å². The smallest absolute Gasteiger partial charge is 0.255 e. The molecule has 0 spiro atoms. The van der Waals surface area contributed by atoms with Crippen molar-refractivity contribution < 1.29 is 22.8 Å².